The Morgan fingerprint density at radius 3 is 2.61 bits per heavy atom. The van der Waals surface area contributed by atoms with Crippen molar-refractivity contribution in [1.29, 1.82) is 0 Å². The standard InChI is InChI=1S/C19H23N5O4/c1-4-5-10-20-18-21-16-15(17(26)22-19(27)23(16)2)24(18)11-14(25)12-6-8-13(28-3)9-7-12/h6-9H,4-5,10-11H2,1-3H3,(H,20,21)(H,22,26,27). The van der Waals surface area contributed by atoms with Crippen molar-refractivity contribution in [2.45, 2.75) is 26.3 Å². The zero-order chi connectivity index (χ0) is 20.3. The third-order valence-corrected chi connectivity index (χ3v) is 4.53. The van der Waals surface area contributed by atoms with E-state index in [1.165, 1.54) is 16.2 Å². The Bertz CT molecular complexity index is 1110. The van der Waals surface area contributed by atoms with E-state index in [9.17, 15) is 14.4 Å². The molecule has 2 heterocycles. The largest absolute Gasteiger partial charge is 0.497 e. The number of nitrogens with zero attached hydrogens (tertiary/aromatic N) is 3. The lowest BCUT2D eigenvalue weighted by molar-refractivity contribution is 0.0974. The molecule has 0 spiro atoms. The maximum absolute atomic E-state index is 12.8. The van der Waals surface area contributed by atoms with E-state index in [1.54, 1.807) is 31.4 Å². The summed E-state index contributed by atoms with van der Waals surface area (Å²) < 4.78 is 7.90. The number of aromatic amines is 1. The highest BCUT2D eigenvalue weighted by Gasteiger charge is 2.19. The van der Waals surface area contributed by atoms with Crippen LogP contribution in [0.3, 0.4) is 0 Å². The van der Waals surface area contributed by atoms with Crippen LogP contribution >= 0.6 is 0 Å². The minimum Gasteiger partial charge on any atom is -0.497 e. The summed E-state index contributed by atoms with van der Waals surface area (Å²) in [6, 6.07) is 6.75. The van der Waals surface area contributed by atoms with Crippen LogP contribution < -0.4 is 21.3 Å². The van der Waals surface area contributed by atoms with Gasteiger partial charge in [-0.2, -0.15) is 4.98 Å². The second kappa shape index (κ2) is 8.12. The van der Waals surface area contributed by atoms with Gasteiger partial charge in [0.25, 0.3) is 5.56 Å². The molecule has 0 bridgehead atoms. The molecule has 148 valence electrons. The normalized spacial score (nSPS) is 11.0. The molecule has 0 unspecified atom stereocenters. The Balaban J connectivity index is 2.04. The zero-order valence-corrected chi connectivity index (χ0v) is 16.1. The summed E-state index contributed by atoms with van der Waals surface area (Å²) in [5, 5.41) is 3.16. The van der Waals surface area contributed by atoms with E-state index < -0.39 is 11.2 Å². The van der Waals surface area contributed by atoms with E-state index in [4.69, 9.17) is 4.74 Å². The van der Waals surface area contributed by atoms with E-state index in [1.807, 2.05) is 0 Å². The first kappa shape index (κ1) is 19.4. The van der Waals surface area contributed by atoms with Gasteiger partial charge in [0, 0.05) is 19.2 Å². The number of benzene rings is 1. The smallest absolute Gasteiger partial charge is 0.329 e. The van der Waals surface area contributed by atoms with Gasteiger partial charge >= 0.3 is 5.69 Å². The number of ether oxygens (including phenoxy) is 1. The van der Waals surface area contributed by atoms with Crippen LogP contribution in [0.25, 0.3) is 11.2 Å². The molecule has 0 aliphatic heterocycles. The predicted molar refractivity (Wildman–Crippen MR) is 106 cm³/mol. The van der Waals surface area contributed by atoms with Gasteiger partial charge in [-0.05, 0) is 30.7 Å². The summed E-state index contributed by atoms with van der Waals surface area (Å²) in [6.45, 7) is 2.62. The van der Waals surface area contributed by atoms with Crippen LogP contribution in [0.5, 0.6) is 5.75 Å². The number of fused-ring (bicyclic) bond motifs is 1. The monoisotopic (exact) mass is 385 g/mol. The van der Waals surface area contributed by atoms with Gasteiger partial charge in [-0.3, -0.25) is 23.7 Å². The highest BCUT2D eigenvalue weighted by atomic mass is 16.5. The molecule has 0 radical (unpaired) electrons. The number of carbonyl (C=O) groups is 1. The average molecular weight is 385 g/mol. The minimum atomic E-state index is -0.573. The molecule has 3 rings (SSSR count). The molecule has 0 saturated carbocycles. The second-order valence-corrected chi connectivity index (χ2v) is 6.44. The van der Waals surface area contributed by atoms with Gasteiger partial charge in [-0.1, -0.05) is 13.3 Å². The predicted octanol–water partition coefficient (Wildman–Crippen LogP) is 1.53. The first-order valence-electron chi connectivity index (χ1n) is 9.07. The van der Waals surface area contributed by atoms with Gasteiger partial charge in [0.2, 0.25) is 5.95 Å². The number of aryl methyl sites for hydroxylation is 1. The number of Topliss-reactive ketones (excluding diaryl/α,β-unsaturated/α-hetero) is 1. The quantitative estimate of drug-likeness (QED) is 0.449. The van der Waals surface area contributed by atoms with Crippen molar-refractivity contribution >= 4 is 22.9 Å². The van der Waals surface area contributed by atoms with Crippen molar-refractivity contribution < 1.29 is 9.53 Å². The fourth-order valence-corrected chi connectivity index (χ4v) is 2.91. The number of rotatable bonds is 8. The lowest BCUT2D eigenvalue weighted by Crippen LogP contribution is -2.29. The Kier molecular flexibility index (Phi) is 5.62. The molecule has 2 N–H and O–H groups in total. The maximum atomic E-state index is 12.8. The van der Waals surface area contributed by atoms with Crippen molar-refractivity contribution in [3.05, 3.63) is 50.7 Å². The second-order valence-electron chi connectivity index (χ2n) is 6.44. The number of anilines is 1. The molecule has 0 aliphatic carbocycles. The minimum absolute atomic E-state index is 0.0848. The van der Waals surface area contributed by atoms with Crippen LogP contribution in [0, 0.1) is 0 Å². The number of aromatic nitrogens is 4. The summed E-state index contributed by atoms with van der Waals surface area (Å²) >= 11 is 0. The first-order chi connectivity index (χ1) is 13.5. The molecule has 28 heavy (non-hydrogen) atoms. The lowest BCUT2D eigenvalue weighted by Gasteiger charge is -2.10. The number of nitrogens with one attached hydrogen (secondary N) is 2. The van der Waals surface area contributed by atoms with Crippen molar-refractivity contribution in [3.8, 4) is 5.75 Å². The van der Waals surface area contributed by atoms with E-state index in [0.29, 0.717) is 23.8 Å². The third kappa shape index (κ3) is 3.68. The molecular weight excluding hydrogens is 362 g/mol. The lowest BCUT2D eigenvalue weighted by atomic mass is 10.1. The van der Waals surface area contributed by atoms with Crippen LogP contribution in [-0.2, 0) is 13.6 Å². The molecule has 0 atom stereocenters. The van der Waals surface area contributed by atoms with Gasteiger partial charge in [0.05, 0.1) is 13.7 Å². The van der Waals surface area contributed by atoms with Gasteiger partial charge in [-0.25, -0.2) is 4.79 Å². The van der Waals surface area contributed by atoms with Crippen LogP contribution in [-0.4, -0.2) is 38.5 Å². The highest BCUT2D eigenvalue weighted by molar-refractivity contribution is 5.97. The number of H-pyrrole nitrogens is 1. The van der Waals surface area contributed by atoms with Crippen molar-refractivity contribution in [3.63, 3.8) is 0 Å². The molecule has 1 aromatic carbocycles. The first-order valence-corrected chi connectivity index (χ1v) is 9.07. The molecule has 9 heteroatoms. The number of imidazole rings is 1. The van der Waals surface area contributed by atoms with E-state index in [0.717, 1.165) is 12.8 Å². The summed E-state index contributed by atoms with van der Waals surface area (Å²) in [4.78, 5) is 43.8. The average Bonchev–Trinajstić information content (AvgIpc) is 3.05. The Morgan fingerprint density at radius 1 is 1.25 bits per heavy atom. The molecule has 0 fully saturated rings. The van der Waals surface area contributed by atoms with E-state index in [2.05, 4.69) is 22.2 Å². The number of ketones is 1. The summed E-state index contributed by atoms with van der Waals surface area (Å²) in [6.07, 6.45) is 1.89. The van der Waals surface area contributed by atoms with E-state index in [-0.39, 0.29) is 23.5 Å². The van der Waals surface area contributed by atoms with E-state index >= 15 is 0 Å². The number of unbranched alkanes of at least 4 members (excludes halogenated alkanes) is 1. The van der Waals surface area contributed by atoms with Gasteiger partial charge in [0.15, 0.2) is 16.9 Å². The molecule has 0 amide bonds. The fourth-order valence-electron chi connectivity index (χ4n) is 2.91. The van der Waals surface area contributed by atoms with Crippen molar-refractivity contribution in [1.82, 2.24) is 19.1 Å². The van der Waals surface area contributed by atoms with Crippen molar-refractivity contribution in [2.24, 2.45) is 7.05 Å². The van der Waals surface area contributed by atoms with Crippen molar-refractivity contribution in [2.75, 3.05) is 19.0 Å². The highest BCUT2D eigenvalue weighted by Crippen LogP contribution is 2.18. The summed E-state index contributed by atoms with van der Waals surface area (Å²) in [5.41, 5.74) is -0.220. The fraction of sp³-hybridized carbons (Fsp3) is 0.368. The Morgan fingerprint density at radius 2 is 1.96 bits per heavy atom. The number of hydrogen-bond donors (Lipinski definition) is 2. The molecule has 2 aromatic heterocycles. The number of carbonyl (C=O) groups excluding carboxylic acids is 1. The SMILES string of the molecule is CCCCNc1nc2c(c(=O)[nH]c(=O)n2C)n1CC(=O)c1ccc(OC)cc1. The molecule has 0 saturated heterocycles. The number of hydrogen-bond acceptors (Lipinski definition) is 6. The maximum Gasteiger partial charge on any atom is 0.329 e. The molecule has 9 nitrogen and oxygen atoms in total. The molecule has 0 aliphatic rings. The Labute approximate surface area is 161 Å². The molecular formula is C19H23N5O4. The Hall–Kier alpha value is -3.36. The van der Waals surface area contributed by atoms with Crippen LogP contribution in [0.4, 0.5) is 5.95 Å². The zero-order valence-electron chi connectivity index (χ0n) is 16.1. The topological polar surface area (TPSA) is 111 Å². The number of methoxy groups -OCH3 is 1. The van der Waals surface area contributed by atoms with Crippen LogP contribution in [0.15, 0.2) is 33.9 Å². The summed E-state index contributed by atoms with van der Waals surface area (Å²) in [7, 11) is 3.08. The van der Waals surface area contributed by atoms with Gasteiger partial charge in [-0.15, -0.1) is 0 Å². The van der Waals surface area contributed by atoms with Gasteiger partial charge < -0.3 is 10.1 Å². The summed E-state index contributed by atoms with van der Waals surface area (Å²) in [5.74, 6) is 0.851. The molecule has 3 aromatic rings. The third-order valence-electron chi connectivity index (χ3n) is 4.53. The van der Waals surface area contributed by atoms with Crippen LogP contribution in [0.2, 0.25) is 0 Å². The van der Waals surface area contributed by atoms with Gasteiger partial charge in [0.1, 0.15) is 5.75 Å². The van der Waals surface area contributed by atoms with Crippen LogP contribution in [0.1, 0.15) is 30.1 Å².